The van der Waals surface area contributed by atoms with Crippen molar-refractivity contribution >= 4 is 29.5 Å². The van der Waals surface area contributed by atoms with Gasteiger partial charge in [-0.1, -0.05) is 6.92 Å². The van der Waals surface area contributed by atoms with E-state index in [1.54, 1.807) is 0 Å². The summed E-state index contributed by atoms with van der Waals surface area (Å²) in [5.74, 6) is 1.01. The Morgan fingerprint density at radius 1 is 0.844 bits per heavy atom. The number of carbonyl (C=O) groups excluding carboxylic acids is 3. The van der Waals surface area contributed by atoms with Gasteiger partial charge in [-0.15, -0.1) is 0 Å². The van der Waals surface area contributed by atoms with E-state index in [-0.39, 0.29) is 43.3 Å². The molecule has 0 aromatic carbocycles. The molecule has 0 heterocycles. The summed E-state index contributed by atoms with van der Waals surface area (Å²) in [6.07, 6.45) is 4.44. The fourth-order valence-corrected chi connectivity index (χ4v) is 4.27. The minimum Gasteiger partial charge on any atom is -0.447 e. The molecule has 0 saturated heterocycles. The van der Waals surface area contributed by atoms with Crippen molar-refractivity contribution in [2.24, 2.45) is 0 Å². The molecule has 2 N–H and O–H groups in total. The molecule has 1 rings (SSSR count). The van der Waals surface area contributed by atoms with E-state index < -0.39 is 0 Å². The number of alkyl carbamates (subject to hydrolysis) is 1. The lowest BCUT2D eigenvalue weighted by Crippen LogP contribution is -2.38. The number of Topliss-reactive ketones (excluding diaryl/α,β-unsaturated/α-hetero) is 1. The first-order valence-electron chi connectivity index (χ1n) is 11.6. The Kier molecular flexibility index (Phi) is 17.2. The molecular weight excluding hydrogens is 436 g/mol. The van der Waals surface area contributed by atoms with Crippen molar-refractivity contribution in [1.82, 2.24) is 10.6 Å². The second-order valence-electron chi connectivity index (χ2n) is 7.60. The van der Waals surface area contributed by atoms with Crippen LogP contribution in [0.1, 0.15) is 52.4 Å². The van der Waals surface area contributed by atoms with E-state index in [2.05, 4.69) is 17.6 Å². The zero-order chi connectivity index (χ0) is 23.4. The third-order valence-corrected chi connectivity index (χ3v) is 6.15. The fourth-order valence-electron chi connectivity index (χ4n) is 3.19. The lowest BCUT2D eigenvalue weighted by molar-refractivity contribution is -0.124. The van der Waals surface area contributed by atoms with E-state index in [1.165, 1.54) is 6.92 Å². The lowest BCUT2D eigenvalue weighted by atomic mass is 9.95. The van der Waals surface area contributed by atoms with E-state index in [4.69, 9.17) is 18.9 Å². The van der Waals surface area contributed by atoms with Crippen LogP contribution in [-0.2, 0) is 28.5 Å². The quantitative estimate of drug-likeness (QED) is 0.290. The molecule has 1 aliphatic rings. The highest BCUT2D eigenvalue weighted by molar-refractivity contribution is 7.99. The van der Waals surface area contributed by atoms with Gasteiger partial charge in [0, 0.05) is 30.7 Å². The monoisotopic (exact) mass is 476 g/mol. The number of thioether (sulfide) groups is 1. The first kappa shape index (κ1) is 28.7. The van der Waals surface area contributed by atoms with Crippen LogP contribution in [0.5, 0.6) is 0 Å². The Balaban J connectivity index is 1.81. The number of amides is 2. The average Bonchev–Trinajstić information content (AvgIpc) is 2.77. The second kappa shape index (κ2) is 19.1. The number of ether oxygens (including phenoxy) is 4. The third-order valence-electron chi connectivity index (χ3n) is 4.88. The van der Waals surface area contributed by atoms with Crippen molar-refractivity contribution in [1.29, 1.82) is 0 Å². The molecule has 0 unspecified atom stereocenters. The minimum atomic E-state index is -0.372. The predicted molar refractivity (Wildman–Crippen MR) is 124 cm³/mol. The molecule has 0 aromatic rings. The van der Waals surface area contributed by atoms with Gasteiger partial charge in [0.05, 0.1) is 39.6 Å². The van der Waals surface area contributed by atoms with E-state index in [0.717, 1.165) is 36.7 Å². The van der Waals surface area contributed by atoms with Crippen LogP contribution in [0.2, 0.25) is 0 Å². The van der Waals surface area contributed by atoms with E-state index in [9.17, 15) is 14.4 Å². The molecule has 0 bridgehead atoms. The smallest absolute Gasteiger partial charge is 0.407 e. The molecule has 0 atom stereocenters. The summed E-state index contributed by atoms with van der Waals surface area (Å²) in [5.41, 5.74) is 0. The Bertz CT molecular complexity index is 528. The molecule has 186 valence electrons. The number of nitrogens with one attached hydrogen (secondary N) is 2. The minimum absolute atomic E-state index is 0.00462. The number of hydrogen-bond acceptors (Lipinski definition) is 8. The second-order valence-corrected chi connectivity index (χ2v) is 9.18. The Morgan fingerprint density at radius 3 is 2.03 bits per heavy atom. The van der Waals surface area contributed by atoms with Crippen molar-refractivity contribution in [3.8, 4) is 0 Å². The van der Waals surface area contributed by atoms with Crippen LogP contribution in [0.15, 0.2) is 0 Å². The van der Waals surface area contributed by atoms with Crippen LogP contribution >= 0.6 is 11.8 Å². The molecule has 1 saturated carbocycles. The summed E-state index contributed by atoms with van der Waals surface area (Å²) in [5, 5.41) is 6.35. The molecule has 1 fully saturated rings. The SMILES string of the molecule is CCSC1CCC(NC(=O)OCCOCCOCCOCCNC(=O)CCC(C)=O)CC1. The zero-order valence-corrected chi connectivity index (χ0v) is 20.3. The largest absolute Gasteiger partial charge is 0.447 e. The van der Waals surface area contributed by atoms with Crippen molar-refractivity contribution in [3.63, 3.8) is 0 Å². The maximum atomic E-state index is 11.8. The van der Waals surface area contributed by atoms with E-state index in [0.29, 0.717) is 46.2 Å². The van der Waals surface area contributed by atoms with Crippen molar-refractivity contribution in [3.05, 3.63) is 0 Å². The lowest BCUT2D eigenvalue weighted by Gasteiger charge is -2.28. The number of carbonyl (C=O) groups is 3. The number of rotatable bonds is 18. The molecule has 2 amide bonds. The molecule has 9 nitrogen and oxygen atoms in total. The number of ketones is 1. The molecule has 1 aliphatic carbocycles. The van der Waals surface area contributed by atoms with Crippen LogP contribution in [-0.4, -0.2) is 87.6 Å². The van der Waals surface area contributed by atoms with Gasteiger partial charge in [0.25, 0.3) is 0 Å². The molecule has 0 aromatic heterocycles. The Hall–Kier alpha value is -1.36. The van der Waals surface area contributed by atoms with Crippen molar-refractivity contribution < 1.29 is 33.3 Å². The standard InChI is InChI=1S/C22H40N2O7S/c1-3-32-20-7-5-19(6-8-20)24-22(27)31-17-16-30-15-14-29-13-12-28-11-10-23-21(26)9-4-18(2)25/h19-20H,3-17H2,1-2H3,(H,23,26)(H,24,27). The predicted octanol–water partition coefficient (Wildman–Crippen LogP) is 2.31. The van der Waals surface area contributed by atoms with Gasteiger partial charge in [-0.2, -0.15) is 11.8 Å². The summed E-state index contributed by atoms with van der Waals surface area (Å²) in [4.78, 5) is 34.0. The van der Waals surface area contributed by atoms with Gasteiger partial charge < -0.3 is 34.4 Å². The first-order valence-corrected chi connectivity index (χ1v) is 12.6. The zero-order valence-electron chi connectivity index (χ0n) is 19.5. The molecule has 0 radical (unpaired) electrons. The summed E-state index contributed by atoms with van der Waals surface area (Å²) >= 11 is 2.01. The third kappa shape index (κ3) is 16.3. The van der Waals surface area contributed by atoms with Crippen LogP contribution < -0.4 is 10.6 Å². The van der Waals surface area contributed by atoms with Gasteiger partial charge in [0.2, 0.25) is 5.91 Å². The Labute approximate surface area is 196 Å². The van der Waals surface area contributed by atoms with Gasteiger partial charge in [-0.25, -0.2) is 4.79 Å². The van der Waals surface area contributed by atoms with Crippen LogP contribution in [0, 0.1) is 0 Å². The average molecular weight is 477 g/mol. The highest BCUT2D eigenvalue weighted by Crippen LogP contribution is 2.28. The van der Waals surface area contributed by atoms with Gasteiger partial charge >= 0.3 is 6.09 Å². The fraction of sp³-hybridized carbons (Fsp3) is 0.864. The van der Waals surface area contributed by atoms with Gasteiger partial charge in [-0.3, -0.25) is 4.79 Å². The summed E-state index contributed by atoms with van der Waals surface area (Å²) in [6.45, 7) is 6.69. The number of hydrogen-bond donors (Lipinski definition) is 2. The first-order chi connectivity index (χ1) is 15.5. The van der Waals surface area contributed by atoms with E-state index >= 15 is 0 Å². The van der Waals surface area contributed by atoms with Crippen LogP contribution in [0.3, 0.4) is 0 Å². The highest BCUT2D eigenvalue weighted by Gasteiger charge is 2.22. The van der Waals surface area contributed by atoms with E-state index in [1.807, 2.05) is 11.8 Å². The van der Waals surface area contributed by atoms with Crippen molar-refractivity contribution in [2.45, 2.75) is 63.7 Å². The molecule has 0 spiro atoms. The summed E-state index contributed by atoms with van der Waals surface area (Å²) in [6, 6.07) is 0.218. The molecule has 0 aliphatic heterocycles. The van der Waals surface area contributed by atoms with Crippen LogP contribution in [0.25, 0.3) is 0 Å². The highest BCUT2D eigenvalue weighted by atomic mass is 32.2. The maximum Gasteiger partial charge on any atom is 0.407 e. The topological polar surface area (TPSA) is 112 Å². The van der Waals surface area contributed by atoms with Gasteiger partial charge in [0.1, 0.15) is 12.4 Å². The van der Waals surface area contributed by atoms with Crippen LogP contribution in [0.4, 0.5) is 4.79 Å². The Morgan fingerprint density at radius 2 is 1.44 bits per heavy atom. The molecular formula is C22H40N2O7S. The van der Waals surface area contributed by atoms with Gasteiger partial charge in [-0.05, 0) is 38.4 Å². The summed E-state index contributed by atoms with van der Waals surface area (Å²) < 4.78 is 21.3. The molecule has 32 heavy (non-hydrogen) atoms. The normalized spacial score (nSPS) is 18.2. The van der Waals surface area contributed by atoms with Gasteiger partial charge in [0.15, 0.2) is 0 Å². The van der Waals surface area contributed by atoms with Crippen molar-refractivity contribution in [2.75, 3.05) is 58.5 Å². The molecule has 10 heteroatoms. The maximum absolute atomic E-state index is 11.8. The summed E-state index contributed by atoms with van der Waals surface area (Å²) in [7, 11) is 0.